The zero-order chi connectivity index (χ0) is 16.8. The monoisotopic (exact) mass is 330 g/mol. The highest BCUT2D eigenvalue weighted by Crippen LogP contribution is 2.34. The van der Waals surface area contributed by atoms with Gasteiger partial charge in [0.1, 0.15) is 0 Å². The molecule has 2 heterocycles. The van der Waals surface area contributed by atoms with Crippen LogP contribution in [0.3, 0.4) is 0 Å². The highest BCUT2D eigenvalue weighted by atomic mass is 16.1. The van der Waals surface area contributed by atoms with E-state index in [-0.39, 0.29) is 5.91 Å². The Labute approximate surface area is 148 Å². The highest BCUT2D eigenvalue weighted by Gasteiger charge is 2.23. The Hall–Kier alpha value is -2.42. The number of aromatic nitrogens is 1. The van der Waals surface area contributed by atoms with E-state index in [1.165, 1.54) is 47.4 Å². The molecule has 126 valence electrons. The molecule has 1 fully saturated rings. The van der Waals surface area contributed by atoms with Crippen LogP contribution in [-0.4, -0.2) is 17.4 Å². The lowest BCUT2D eigenvalue weighted by Crippen LogP contribution is -2.31. The summed E-state index contributed by atoms with van der Waals surface area (Å²) in [5, 5.41) is 2.91. The fourth-order valence-electron chi connectivity index (χ4n) is 4.23. The van der Waals surface area contributed by atoms with Crippen LogP contribution in [0, 0.1) is 5.92 Å². The molecule has 2 aromatic rings. The molecule has 1 saturated carbocycles. The number of amides is 1. The van der Waals surface area contributed by atoms with E-state index in [0.29, 0.717) is 0 Å². The number of nitrogens with zero attached hydrogens (tertiary/aromatic N) is 1. The quantitative estimate of drug-likeness (QED) is 0.932. The van der Waals surface area contributed by atoms with Crippen molar-refractivity contribution < 1.29 is 4.79 Å². The van der Waals surface area contributed by atoms with Gasteiger partial charge in [-0.2, -0.15) is 0 Å². The second-order valence-electron chi connectivity index (χ2n) is 7.50. The van der Waals surface area contributed by atoms with Crippen LogP contribution in [0.5, 0.6) is 0 Å². The van der Waals surface area contributed by atoms with E-state index in [2.05, 4.69) is 35.7 Å². The molecule has 1 aromatic heterocycles. The molecule has 3 aliphatic rings. The van der Waals surface area contributed by atoms with E-state index in [1.807, 2.05) is 6.07 Å². The molecule has 1 aliphatic heterocycles. The maximum atomic E-state index is 11.9. The molecule has 0 saturated heterocycles. The molecule has 3 heteroatoms. The Balaban J connectivity index is 1.44. The molecule has 1 N–H and O–H groups in total. The van der Waals surface area contributed by atoms with Crippen LogP contribution >= 0.6 is 0 Å². The van der Waals surface area contributed by atoms with Gasteiger partial charge in [-0.25, -0.2) is 0 Å². The first-order valence-electron chi connectivity index (χ1n) is 9.39. The third kappa shape index (κ3) is 2.58. The second-order valence-corrected chi connectivity index (χ2v) is 7.50. The number of carbonyl (C=O) groups excluding carboxylic acids is 1. The summed E-state index contributed by atoms with van der Waals surface area (Å²) in [5.41, 5.74) is 8.18. The van der Waals surface area contributed by atoms with Gasteiger partial charge in [0.05, 0.1) is 5.69 Å². The van der Waals surface area contributed by atoms with Gasteiger partial charge in [0.15, 0.2) is 0 Å². The van der Waals surface area contributed by atoms with Crippen molar-refractivity contribution in [1.82, 2.24) is 10.3 Å². The van der Waals surface area contributed by atoms with Crippen LogP contribution in [0.1, 0.15) is 57.7 Å². The van der Waals surface area contributed by atoms with E-state index in [9.17, 15) is 4.79 Å². The normalized spacial score (nSPS) is 18.9. The smallest absolute Gasteiger partial charge is 0.251 e. The number of nitrogens with one attached hydrogen (secondary N) is 1. The maximum Gasteiger partial charge on any atom is 0.251 e. The minimum Gasteiger partial charge on any atom is -0.352 e. The van der Waals surface area contributed by atoms with Gasteiger partial charge in [-0.15, -0.1) is 0 Å². The third-order valence-electron chi connectivity index (χ3n) is 5.88. The molecule has 0 atom stereocenters. The summed E-state index contributed by atoms with van der Waals surface area (Å²) in [7, 11) is 0. The molecule has 1 amide bonds. The van der Waals surface area contributed by atoms with Crippen molar-refractivity contribution in [3.8, 4) is 0 Å². The fraction of sp³-hybridized carbons (Fsp3) is 0.364. The predicted octanol–water partition coefficient (Wildman–Crippen LogP) is 3.70. The van der Waals surface area contributed by atoms with Crippen LogP contribution in [0.25, 0.3) is 5.57 Å². The Kier molecular flexibility index (Phi) is 3.47. The standard InChI is InChI=1S/C22H22N2O/c25-22-19-6-4-15(13-16(19)10-11-23-22)18-8-9-21-20(18)7-5-17(24-21)12-14-2-1-3-14/h4-8,13-14H,1-3,9-12H2,(H,23,25). The summed E-state index contributed by atoms with van der Waals surface area (Å²) in [6.45, 7) is 0.733. The van der Waals surface area contributed by atoms with Gasteiger partial charge in [-0.1, -0.05) is 43.5 Å². The van der Waals surface area contributed by atoms with E-state index < -0.39 is 0 Å². The third-order valence-corrected chi connectivity index (χ3v) is 5.88. The van der Waals surface area contributed by atoms with Crippen molar-refractivity contribution in [1.29, 1.82) is 0 Å². The average molecular weight is 330 g/mol. The van der Waals surface area contributed by atoms with Crippen molar-refractivity contribution in [3.05, 3.63) is 70.0 Å². The number of pyridine rings is 1. The van der Waals surface area contributed by atoms with Crippen LogP contribution in [0.2, 0.25) is 0 Å². The van der Waals surface area contributed by atoms with Gasteiger partial charge in [0.25, 0.3) is 5.91 Å². The largest absolute Gasteiger partial charge is 0.352 e. The van der Waals surface area contributed by atoms with Gasteiger partial charge in [-0.3, -0.25) is 9.78 Å². The Morgan fingerprint density at radius 2 is 2.00 bits per heavy atom. The molecular weight excluding hydrogens is 308 g/mol. The van der Waals surface area contributed by atoms with Gasteiger partial charge >= 0.3 is 0 Å². The summed E-state index contributed by atoms with van der Waals surface area (Å²) in [4.78, 5) is 16.9. The van der Waals surface area contributed by atoms with E-state index in [0.717, 1.165) is 42.9 Å². The van der Waals surface area contributed by atoms with Crippen molar-refractivity contribution in [2.24, 2.45) is 5.92 Å². The molecule has 0 radical (unpaired) electrons. The summed E-state index contributed by atoms with van der Waals surface area (Å²) in [5.74, 6) is 0.905. The first-order valence-corrected chi connectivity index (χ1v) is 9.39. The Morgan fingerprint density at radius 1 is 1.12 bits per heavy atom. The number of carbonyl (C=O) groups is 1. The molecule has 2 aliphatic carbocycles. The number of benzene rings is 1. The highest BCUT2D eigenvalue weighted by molar-refractivity contribution is 5.97. The number of rotatable bonds is 3. The average Bonchev–Trinajstić information content (AvgIpc) is 3.01. The zero-order valence-electron chi connectivity index (χ0n) is 14.3. The predicted molar refractivity (Wildman–Crippen MR) is 98.5 cm³/mol. The lowest BCUT2D eigenvalue weighted by atomic mass is 9.82. The number of hydrogen-bond acceptors (Lipinski definition) is 2. The topological polar surface area (TPSA) is 42.0 Å². The van der Waals surface area contributed by atoms with Crippen LogP contribution in [0.15, 0.2) is 36.4 Å². The van der Waals surface area contributed by atoms with Crippen LogP contribution in [-0.2, 0) is 19.3 Å². The Morgan fingerprint density at radius 3 is 2.84 bits per heavy atom. The summed E-state index contributed by atoms with van der Waals surface area (Å²) < 4.78 is 0. The van der Waals surface area contributed by atoms with E-state index in [1.54, 1.807) is 0 Å². The number of allylic oxidation sites excluding steroid dienone is 1. The fourth-order valence-corrected chi connectivity index (χ4v) is 4.23. The van der Waals surface area contributed by atoms with Gasteiger partial charge in [0.2, 0.25) is 0 Å². The molecule has 25 heavy (non-hydrogen) atoms. The maximum absolute atomic E-state index is 11.9. The molecular formula is C22H22N2O. The molecule has 0 bridgehead atoms. The lowest BCUT2D eigenvalue weighted by Gasteiger charge is -2.25. The van der Waals surface area contributed by atoms with E-state index in [4.69, 9.17) is 4.98 Å². The molecule has 5 rings (SSSR count). The van der Waals surface area contributed by atoms with Crippen LogP contribution in [0.4, 0.5) is 0 Å². The van der Waals surface area contributed by atoms with Gasteiger partial charge < -0.3 is 5.32 Å². The number of fused-ring (bicyclic) bond motifs is 2. The SMILES string of the molecule is O=C1NCCc2cc(C3=CCc4nc(CC5CCC5)ccc43)ccc21. The molecule has 1 aromatic carbocycles. The van der Waals surface area contributed by atoms with Gasteiger partial charge in [0, 0.05) is 29.8 Å². The van der Waals surface area contributed by atoms with Crippen molar-refractivity contribution >= 4 is 11.5 Å². The minimum absolute atomic E-state index is 0.0518. The zero-order valence-corrected chi connectivity index (χ0v) is 14.3. The minimum atomic E-state index is 0.0518. The van der Waals surface area contributed by atoms with Gasteiger partial charge in [-0.05, 0) is 47.6 Å². The van der Waals surface area contributed by atoms with Crippen LogP contribution < -0.4 is 5.32 Å². The summed E-state index contributed by atoms with van der Waals surface area (Å²) in [6, 6.07) is 10.7. The first kappa shape index (κ1) is 14.9. The van der Waals surface area contributed by atoms with Crippen molar-refractivity contribution in [2.75, 3.05) is 6.54 Å². The molecule has 0 spiro atoms. The van der Waals surface area contributed by atoms with Crippen molar-refractivity contribution in [3.63, 3.8) is 0 Å². The van der Waals surface area contributed by atoms with Crippen molar-refractivity contribution in [2.45, 2.75) is 38.5 Å². The first-order chi connectivity index (χ1) is 12.3. The molecule has 3 nitrogen and oxygen atoms in total. The van der Waals surface area contributed by atoms with E-state index >= 15 is 0 Å². The summed E-state index contributed by atoms with van der Waals surface area (Å²) in [6.07, 6.45) is 9.37. The molecule has 0 unspecified atom stereocenters. The summed E-state index contributed by atoms with van der Waals surface area (Å²) >= 11 is 0. The lowest BCUT2D eigenvalue weighted by molar-refractivity contribution is 0.0946. The second kappa shape index (κ2) is 5.83. The number of hydrogen-bond donors (Lipinski definition) is 1. The Bertz CT molecular complexity index is 893.